The lowest BCUT2D eigenvalue weighted by Crippen LogP contribution is -2.32. The van der Waals surface area contributed by atoms with Crippen LogP contribution in [0.25, 0.3) is 0 Å². The van der Waals surface area contributed by atoms with E-state index in [4.69, 9.17) is 4.74 Å². The van der Waals surface area contributed by atoms with Gasteiger partial charge in [-0.25, -0.2) is 0 Å². The topological polar surface area (TPSA) is 21.3 Å². The molecule has 1 aliphatic carbocycles. The van der Waals surface area contributed by atoms with Gasteiger partial charge in [-0.1, -0.05) is 31.9 Å². The molecule has 19 heavy (non-hydrogen) atoms. The molecule has 0 heterocycles. The fourth-order valence-electron chi connectivity index (χ4n) is 3.07. The van der Waals surface area contributed by atoms with Gasteiger partial charge in [0.25, 0.3) is 0 Å². The molecule has 0 aromatic heterocycles. The Bertz CT molecular complexity index is 352. The van der Waals surface area contributed by atoms with E-state index in [2.05, 4.69) is 24.4 Å². The number of ether oxygens (including phenoxy) is 1. The molecule has 0 radical (unpaired) electrons. The lowest BCUT2D eigenvalue weighted by atomic mass is 9.83. The van der Waals surface area contributed by atoms with Crippen LogP contribution in [0.3, 0.4) is 0 Å². The highest BCUT2D eigenvalue weighted by Gasteiger charge is 2.19. The highest BCUT2D eigenvalue weighted by Crippen LogP contribution is 2.27. The normalized spacial score (nSPS) is 23.3. The largest absolute Gasteiger partial charge is 0.497 e. The van der Waals surface area contributed by atoms with E-state index in [1.807, 2.05) is 12.1 Å². The summed E-state index contributed by atoms with van der Waals surface area (Å²) in [7, 11) is 1.71. The molecule has 1 aromatic carbocycles. The number of hydrogen-bond acceptors (Lipinski definition) is 2. The molecule has 2 rings (SSSR count). The average molecular weight is 261 g/mol. The van der Waals surface area contributed by atoms with Crippen molar-refractivity contribution in [2.45, 2.75) is 58.0 Å². The molecule has 1 saturated carbocycles. The first-order chi connectivity index (χ1) is 9.31. The van der Waals surface area contributed by atoms with Crippen molar-refractivity contribution in [3.05, 3.63) is 29.8 Å². The van der Waals surface area contributed by atoms with Crippen molar-refractivity contribution in [2.75, 3.05) is 7.11 Å². The van der Waals surface area contributed by atoms with Crippen LogP contribution in [-0.4, -0.2) is 13.2 Å². The maximum absolute atomic E-state index is 5.18. The van der Waals surface area contributed by atoms with Crippen LogP contribution < -0.4 is 10.1 Å². The van der Waals surface area contributed by atoms with Crippen molar-refractivity contribution in [3.63, 3.8) is 0 Å². The highest BCUT2D eigenvalue weighted by molar-refractivity contribution is 5.27. The number of nitrogens with one attached hydrogen (secondary N) is 1. The number of benzene rings is 1. The lowest BCUT2D eigenvalue weighted by Gasteiger charge is -2.29. The van der Waals surface area contributed by atoms with E-state index in [1.165, 1.54) is 44.1 Å². The predicted octanol–water partition coefficient (Wildman–Crippen LogP) is 4.14. The smallest absolute Gasteiger partial charge is 0.118 e. The zero-order valence-electron chi connectivity index (χ0n) is 12.3. The summed E-state index contributed by atoms with van der Waals surface area (Å²) in [6.07, 6.45) is 8.28. The molecular formula is C17H27NO. The van der Waals surface area contributed by atoms with Gasteiger partial charge in [0, 0.05) is 12.6 Å². The van der Waals surface area contributed by atoms with Crippen molar-refractivity contribution >= 4 is 0 Å². The molecule has 0 aliphatic heterocycles. The van der Waals surface area contributed by atoms with E-state index in [9.17, 15) is 0 Å². The molecule has 2 heteroatoms. The Labute approximate surface area is 117 Å². The fourth-order valence-corrected chi connectivity index (χ4v) is 3.07. The minimum absolute atomic E-state index is 0.718. The van der Waals surface area contributed by atoms with Gasteiger partial charge in [-0.2, -0.15) is 0 Å². The van der Waals surface area contributed by atoms with E-state index in [0.29, 0.717) is 0 Å². The Hall–Kier alpha value is -1.02. The Balaban J connectivity index is 1.71. The highest BCUT2D eigenvalue weighted by atomic mass is 16.5. The predicted molar refractivity (Wildman–Crippen MR) is 80.5 cm³/mol. The molecule has 2 nitrogen and oxygen atoms in total. The fraction of sp³-hybridized carbons (Fsp3) is 0.647. The van der Waals surface area contributed by atoms with Crippen LogP contribution in [-0.2, 0) is 6.54 Å². The Morgan fingerprint density at radius 1 is 1.11 bits per heavy atom. The van der Waals surface area contributed by atoms with Crippen molar-refractivity contribution in [2.24, 2.45) is 5.92 Å². The summed E-state index contributed by atoms with van der Waals surface area (Å²) in [5.41, 5.74) is 1.34. The summed E-state index contributed by atoms with van der Waals surface area (Å²) >= 11 is 0. The first-order valence-corrected chi connectivity index (χ1v) is 7.68. The van der Waals surface area contributed by atoms with Gasteiger partial charge < -0.3 is 10.1 Å². The van der Waals surface area contributed by atoms with Crippen LogP contribution in [0.2, 0.25) is 0 Å². The minimum Gasteiger partial charge on any atom is -0.497 e. The molecule has 0 saturated heterocycles. The number of methoxy groups -OCH3 is 1. The van der Waals surface area contributed by atoms with E-state index in [-0.39, 0.29) is 0 Å². The van der Waals surface area contributed by atoms with Crippen LogP contribution in [0.5, 0.6) is 5.75 Å². The zero-order chi connectivity index (χ0) is 13.5. The van der Waals surface area contributed by atoms with Gasteiger partial charge in [-0.15, -0.1) is 0 Å². The summed E-state index contributed by atoms with van der Waals surface area (Å²) in [6, 6.07) is 9.09. The van der Waals surface area contributed by atoms with Crippen LogP contribution in [0.1, 0.15) is 51.0 Å². The van der Waals surface area contributed by atoms with Gasteiger partial charge in [0.15, 0.2) is 0 Å². The standard InChI is InChI=1S/C17H27NO/c1-3-4-14-5-9-16(10-6-14)18-13-15-7-11-17(19-2)12-8-15/h7-8,11-12,14,16,18H,3-6,9-10,13H2,1-2H3. The molecule has 0 spiro atoms. The third kappa shape index (κ3) is 4.54. The molecule has 1 fully saturated rings. The van der Waals surface area contributed by atoms with Gasteiger partial charge in [-0.05, 0) is 49.3 Å². The van der Waals surface area contributed by atoms with E-state index >= 15 is 0 Å². The third-order valence-electron chi connectivity index (χ3n) is 4.30. The molecule has 1 aromatic rings. The van der Waals surface area contributed by atoms with E-state index in [1.54, 1.807) is 7.11 Å². The quantitative estimate of drug-likeness (QED) is 0.831. The summed E-state index contributed by atoms with van der Waals surface area (Å²) in [5.74, 6) is 1.92. The molecule has 0 unspecified atom stereocenters. The van der Waals surface area contributed by atoms with Crippen molar-refractivity contribution in [3.8, 4) is 5.75 Å². The number of rotatable bonds is 6. The minimum atomic E-state index is 0.718. The van der Waals surface area contributed by atoms with Crippen molar-refractivity contribution in [1.29, 1.82) is 0 Å². The third-order valence-corrected chi connectivity index (χ3v) is 4.30. The summed E-state index contributed by atoms with van der Waals surface area (Å²) in [6.45, 7) is 3.28. The van der Waals surface area contributed by atoms with E-state index in [0.717, 1.165) is 24.3 Å². The molecular weight excluding hydrogens is 234 g/mol. The van der Waals surface area contributed by atoms with Gasteiger partial charge in [-0.3, -0.25) is 0 Å². The molecule has 1 aliphatic rings. The Morgan fingerprint density at radius 2 is 1.79 bits per heavy atom. The molecule has 0 bridgehead atoms. The Morgan fingerprint density at radius 3 is 2.37 bits per heavy atom. The monoisotopic (exact) mass is 261 g/mol. The molecule has 1 N–H and O–H groups in total. The molecule has 106 valence electrons. The van der Waals surface area contributed by atoms with Gasteiger partial charge >= 0.3 is 0 Å². The average Bonchev–Trinajstić information content (AvgIpc) is 2.47. The van der Waals surface area contributed by atoms with E-state index < -0.39 is 0 Å². The lowest BCUT2D eigenvalue weighted by molar-refractivity contribution is 0.277. The van der Waals surface area contributed by atoms with Gasteiger partial charge in [0.2, 0.25) is 0 Å². The van der Waals surface area contributed by atoms with Crippen LogP contribution in [0.4, 0.5) is 0 Å². The first kappa shape index (κ1) is 14.4. The molecule has 0 atom stereocenters. The van der Waals surface area contributed by atoms with Crippen LogP contribution >= 0.6 is 0 Å². The van der Waals surface area contributed by atoms with Crippen molar-refractivity contribution in [1.82, 2.24) is 5.32 Å². The summed E-state index contributed by atoms with van der Waals surface area (Å²) < 4.78 is 5.18. The second kappa shape index (κ2) is 7.54. The maximum Gasteiger partial charge on any atom is 0.118 e. The van der Waals surface area contributed by atoms with Gasteiger partial charge in [0.1, 0.15) is 5.75 Å². The molecule has 0 amide bonds. The van der Waals surface area contributed by atoms with Crippen LogP contribution in [0.15, 0.2) is 24.3 Å². The first-order valence-electron chi connectivity index (χ1n) is 7.68. The number of hydrogen-bond donors (Lipinski definition) is 1. The SMILES string of the molecule is CCCC1CCC(NCc2ccc(OC)cc2)CC1. The summed E-state index contributed by atoms with van der Waals surface area (Å²) in [4.78, 5) is 0. The maximum atomic E-state index is 5.18. The van der Waals surface area contributed by atoms with Crippen molar-refractivity contribution < 1.29 is 4.74 Å². The zero-order valence-corrected chi connectivity index (χ0v) is 12.3. The second-order valence-corrected chi connectivity index (χ2v) is 5.74. The van der Waals surface area contributed by atoms with Crippen LogP contribution in [0, 0.1) is 5.92 Å². The van der Waals surface area contributed by atoms with Gasteiger partial charge in [0.05, 0.1) is 7.11 Å². The Kier molecular flexibility index (Phi) is 5.71. The second-order valence-electron chi connectivity index (χ2n) is 5.74. The summed E-state index contributed by atoms with van der Waals surface area (Å²) in [5, 5.41) is 3.70.